The van der Waals surface area contributed by atoms with Gasteiger partial charge in [0.25, 0.3) is 0 Å². The molecule has 2 aliphatic rings. The Bertz CT molecular complexity index is 917. The number of fused-ring (bicyclic) bond motifs is 1. The number of nitrogens with zero attached hydrogens (tertiary/aromatic N) is 2. The minimum absolute atomic E-state index is 0.197. The molecule has 2 amide bonds. The van der Waals surface area contributed by atoms with E-state index in [-0.39, 0.29) is 24.7 Å². The van der Waals surface area contributed by atoms with Crippen molar-refractivity contribution in [2.45, 2.75) is 26.0 Å². The summed E-state index contributed by atoms with van der Waals surface area (Å²) in [5.41, 5.74) is 2.54. The SMILES string of the molecule is CCNC(=O)N(Cc1ccc(F)cc1)C[C@@H]1CC(c2ccc3c(c2)OCO3)=NO1. The molecule has 1 N–H and O–H groups in total. The number of halogens is 1. The lowest BCUT2D eigenvalue weighted by Crippen LogP contribution is -2.43. The molecule has 7 nitrogen and oxygen atoms in total. The molecular formula is C21H22FN3O4. The van der Waals surface area contributed by atoms with Crippen LogP contribution in [0.15, 0.2) is 47.6 Å². The number of ether oxygens (including phenoxy) is 2. The molecule has 0 aliphatic carbocycles. The maximum Gasteiger partial charge on any atom is 0.317 e. The standard InChI is InChI=1S/C21H22FN3O4/c1-2-23-21(26)25(11-14-3-6-16(22)7-4-14)12-17-10-18(24-29-17)15-5-8-19-20(9-15)28-13-27-19/h3-9,17H,2,10-13H2,1H3,(H,23,26)/t17-/m0/s1. The predicted molar refractivity (Wildman–Crippen MR) is 104 cm³/mol. The van der Waals surface area contributed by atoms with Gasteiger partial charge in [-0.25, -0.2) is 9.18 Å². The number of amides is 2. The maximum atomic E-state index is 13.2. The number of benzene rings is 2. The largest absolute Gasteiger partial charge is 0.454 e. The average Bonchev–Trinajstić information content (AvgIpc) is 3.38. The molecule has 1 atom stereocenters. The van der Waals surface area contributed by atoms with Crippen LogP contribution in [0.25, 0.3) is 0 Å². The van der Waals surface area contributed by atoms with Crippen LogP contribution in [0.5, 0.6) is 11.5 Å². The number of urea groups is 1. The molecule has 8 heteroatoms. The Morgan fingerprint density at radius 2 is 2.00 bits per heavy atom. The lowest BCUT2D eigenvalue weighted by molar-refractivity contribution is 0.0590. The van der Waals surface area contributed by atoms with Gasteiger partial charge in [0.15, 0.2) is 17.6 Å². The highest BCUT2D eigenvalue weighted by Crippen LogP contribution is 2.33. The molecule has 0 bridgehead atoms. The first-order valence-electron chi connectivity index (χ1n) is 9.52. The van der Waals surface area contributed by atoms with Gasteiger partial charge >= 0.3 is 6.03 Å². The van der Waals surface area contributed by atoms with E-state index in [0.29, 0.717) is 37.6 Å². The molecule has 29 heavy (non-hydrogen) atoms. The lowest BCUT2D eigenvalue weighted by atomic mass is 10.0. The van der Waals surface area contributed by atoms with Gasteiger partial charge in [-0.2, -0.15) is 0 Å². The quantitative estimate of drug-likeness (QED) is 0.809. The zero-order valence-electron chi connectivity index (χ0n) is 16.1. The highest BCUT2D eigenvalue weighted by molar-refractivity contribution is 6.01. The van der Waals surface area contributed by atoms with Crippen molar-refractivity contribution in [1.82, 2.24) is 10.2 Å². The summed E-state index contributed by atoms with van der Waals surface area (Å²) in [6, 6.07) is 11.6. The van der Waals surface area contributed by atoms with Crippen molar-refractivity contribution in [3.8, 4) is 11.5 Å². The molecule has 0 fully saturated rings. The van der Waals surface area contributed by atoms with Crippen LogP contribution in [0.2, 0.25) is 0 Å². The zero-order chi connectivity index (χ0) is 20.2. The average molecular weight is 399 g/mol. The second-order valence-electron chi connectivity index (χ2n) is 6.88. The van der Waals surface area contributed by atoms with Crippen LogP contribution in [0.3, 0.4) is 0 Å². The van der Waals surface area contributed by atoms with Crippen molar-refractivity contribution < 1.29 is 23.5 Å². The fourth-order valence-electron chi connectivity index (χ4n) is 3.31. The summed E-state index contributed by atoms with van der Waals surface area (Å²) in [6.07, 6.45) is 0.303. The van der Waals surface area contributed by atoms with Gasteiger partial charge in [0, 0.05) is 25.1 Å². The Labute approximate surface area is 168 Å². The molecular weight excluding hydrogens is 377 g/mol. The van der Waals surface area contributed by atoms with Gasteiger partial charge in [-0.15, -0.1) is 0 Å². The number of carbonyl (C=O) groups is 1. The van der Waals surface area contributed by atoms with Gasteiger partial charge in [0.05, 0.1) is 12.3 Å². The number of nitrogens with one attached hydrogen (secondary N) is 1. The minimum atomic E-state index is -0.306. The third kappa shape index (κ3) is 4.42. The molecule has 0 aromatic heterocycles. The van der Waals surface area contributed by atoms with E-state index >= 15 is 0 Å². The molecule has 0 saturated carbocycles. The maximum absolute atomic E-state index is 13.2. The molecule has 0 unspecified atom stereocenters. The monoisotopic (exact) mass is 399 g/mol. The van der Waals surface area contributed by atoms with E-state index < -0.39 is 0 Å². The molecule has 2 aliphatic heterocycles. The van der Waals surface area contributed by atoms with E-state index in [0.717, 1.165) is 16.8 Å². The molecule has 0 spiro atoms. The van der Waals surface area contributed by atoms with Gasteiger partial charge in [-0.1, -0.05) is 17.3 Å². The number of hydrogen-bond acceptors (Lipinski definition) is 5. The second-order valence-corrected chi connectivity index (χ2v) is 6.88. The Morgan fingerprint density at radius 3 is 2.79 bits per heavy atom. The van der Waals surface area contributed by atoms with Crippen molar-refractivity contribution in [3.05, 3.63) is 59.4 Å². The van der Waals surface area contributed by atoms with Crippen LogP contribution in [-0.4, -0.2) is 42.6 Å². The summed E-state index contributed by atoms with van der Waals surface area (Å²) >= 11 is 0. The second kappa shape index (κ2) is 8.38. The van der Waals surface area contributed by atoms with Gasteiger partial charge in [0.2, 0.25) is 6.79 Å². The Hall–Kier alpha value is -3.29. The van der Waals surface area contributed by atoms with Crippen molar-refractivity contribution in [1.29, 1.82) is 0 Å². The van der Waals surface area contributed by atoms with Gasteiger partial charge in [-0.05, 0) is 42.8 Å². The normalized spacial score (nSPS) is 16.9. The van der Waals surface area contributed by atoms with Crippen LogP contribution in [-0.2, 0) is 11.4 Å². The number of rotatable bonds is 6. The van der Waals surface area contributed by atoms with Crippen molar-refractivity contribution in [2.24, 2.45) is 5.16 Å². The highest BCUT2D eigenvalue weighted by Gasteiger charge is 2.27. The summed E-state index contributed by atoms with van der Waals surface area (Å²) in [7, 11) is 0. The van der Waals surface area contributed by atoms with Crippen LogP contribution >= 0.6 is 0 Å². The smallest absolute Gasteiger partial charge is 0.317 e. The van der Waals surface area contributed by atoms with Crippen LogP contribution in [0, 0.1) is 5.82 Å². The summed E-state index contributed by atoms with van der Waals surface area (Å²) < 4.78 is 23.9. The molecule has 4 rings (SSSR count). The fraction of sp³-hybridized carbons (Fsp3) is 0.333. The van der Waals surface area contributed by atoms with Crippen LogP contribution in [0.4, 0.5) is 9.18 Å². The van der Waals surface area contributed by atoms with Crippen molar-refractivity contribution in [3.63, 3.8) is 0 Å². The third-order valence-electron chi connectivity index (χ3n) is 4.76. The Morgan fingerprint density at radius 1 is 1.21 bits per heavy atom. The third-order valence-corrected chi connectivity index (χ3v) is 4.76. The van der Waals surface area contributed by atoms with E-state index in [4.69, 9.17) is 14.3 Å². The van der Waals surface area contributed by atoms with Gasteiger partial charge < -0.3 is 24.5 Å². The van der Waals surface area contributed by atoms with Crippen LogP contribution in [0.1, 0.15) is 24.5 Å². The summed E-state index contributed by atoms with van der Waals surface area (Å²) in [5.74, 6) is 1.10. The van der Waals surface area contributed by atoms with E-state index in [2.05, 4.69) is 10.5 Å². The van der Waals surface area contributed by atoms with Crippen molar-refractivity contribution >= 4 is 11.7 Å². The summed E-state index contributed by atoms with van der Waals surface area (Å²) in [6.45, 7) is 3.31. The Kier molecular flexibility index (Phi) is 5.50. The summed E-state index contributed by atoms with van der Waals surface area (Å²) in [4.78, 5) is 19.7. The first-order chi connectivity index (χ1) is 14.1. The van der Waals surface area contributed by atoms with Gasteiger partial charge in [-0.3, -0.25) is 0 Å². The Balaban J connectivity index is 1.41. The van der Waals surface area contributed by atoms with E-state index in [9.17, 15) is 9.18 Å². The number of hydrogen-bond donors (Lipinski definition) is 1. The number of carbonyl (C=O) groups excluding carboxylic acids is 1. The van der Waals surface area contributed by atoms with E-state index in [1.807, 2.05) is 25.1 Å². The van der Waals surface area contributed by atoms with Crippen molar-refractivity contribution in [2.75, 3.05) is 19.9 Å². The van der Waals surface area contributed by atoms with E-state index in [1.54, 1.807) is 17.0 Å². The summed E-state index contributed by atoms with van der Waals surface area (Å²) in [5, 5.41) is 7.01. The molecule has 2 aromatic carbocycles. The lowest BCUT2D eigenvalue weighted by Gasteiger charge is -2.25. The first kappa shape index (κ1) is 19.0. The minimum Gasteiger partial charge on any atom is -0.454 e. The fourth-order valence-corrected chi connectivity index (χ4v) is 3.31. The number of oxime groups is 1. The molecule has 152 valence electrons. The molecule has 0 radical (unpaired) electrons. The molecule has 0 saturated heterocycles. The zero-order valence-corrected chi connectivity index (χ0v) is 16.1. The molecule has 2 heterocycles. The van der Waals surface area contributed by atoms with E-state index in [1.165, 1.54) is 12.1 Å². The predicted octanol–water partition coefficient (Wildman–Crippen LogP) is 3.28. The highest BCUT2D eigenvalue weighted by atomic mass is 19.1. The first-order valence-corrected chi connectivity index (χ1v) is 9.52. The van der Waals surface area contributed by atoms with Crippen LogP contribution < -0.4 is 14.8 Å². The van der Waals surface area contributed by atoms with Gasteiger partial charge in [0.1, 0.15) is 5.82 Å². The molecule has 2 aromatic rings. The topological polar surface area (TPSA) is 72.4 Å².